The summed E-state index contributed by atoms with van der Waals surface area (Å²) in [5.74, 6) is -1.61. The summed E-state index contributed by atoms with van der Waals surface area (Å²) in [7, 11) is 0. The smallest absolute Gasteiger partial charge is 0.338 e. The Morgan fingerprint density at radius 3 is 2.61 bits per heavy atom. The molecule has 2 aromatic heterocycles. The molecule has 1 aliphatic rings. The van der Waals surface area contributed by atoms with Gasteiger partial charge in [0.15, 0.2) is 0 Å². The van der Waals surface area contributed by atoms with E-state index in [0.717, 1.165) is 11.1 Å². The van der Waals surface area contributed by atoms with E-state index in [1.54, 1.807) is 51.5 Å². The Bertz CT molecular complexity index is 1350. The molecule has 8 heteroatoms. The molecule has 1 aliphatic heterocycles. The average molecular weight is 443 g/mol. The van der Waals surface area contributed by atoms with Gasteiger partial charge in [0.1, 0.15) is 11.6 Å². The number of rotatable bonds is 4. The number of ether oxygens (including phenoxy) is 1. The van der Waals surface area contributed by atoms with Crippen LogP contribution in [0.15, 0.2) is 71.6 Å². The number of carbonyl (C=O) groups is 1. The molecule has 3 aromatic rings. The van der Waals surface area contributed by atoms with Crippen LogP contribution in [0.4, 0.5) is 4.39 Å². The molecule has 0 radical (unpaired) electrons. The van der Waals surface area contributed by atoms with Crippen molar-refractivity contribution < 1.29 is 13.9 Å². The Labute approximate surface area is 190 Å². The molecule has 3 N–H and O–H groups in total. The quantitative estimate of drug-likeness (QED) is 0.585. The predicted molar refractivity (Wildman–Crippen MR) is 122 cm³/mol. The van der Waals surface area contributed by atoms with Crippen molar-refractivity contribution in [3.05, 3.63) is 83.0 Å². The minimum atomic E-state index is -0.788. The van der Waals surface area contributed by atoms with Crippen LogP contribution >= 0.6 is 0 Å². The van der Waals surface area contributed by atoms with Crippen LogP contribution in [-0.2, 0) is 9.53 Å². The molecular formula is C25H22FN5O2. The number of nitrogens with two attached hydrogens (primary N) is 1. The highest BCUT2D eigenvalue weighted by Crippen LogP contribution is 2.40. The number of allylic oxidation sites excluding steroid dienone is 2. The fourth-order valence-electron chi connectivity index (χ4n) is 3.92. The number of dihydropyridines is 1. The van der Waals surface area contributed by atoms with E-state index in [4.69, 9.17) is 10.5 Å². The zero-order valence-corrected chi connectivity index (χ0v) is 18.4. The topological polar surface area (TPSA) is 114 Å². The lowest BCUT2D eigenvalue weighted by atomic mass is 9.81. The van der Waals surface area contributed by atoms with Gasteiger partial charge < -0.3 is 15.8 Å². The molecule has 0 saturated heterocycles. The Hall–Kier alpha value is -4.25. The summed E-state index contributed by atoms with van der Waals surface area (Å²) < 4.78 is 18.8. The number of nitrogens with zero attached hydrogens (tertiary/aromatic N) is 3. The predicted octanol–water partition coefficient (Wildman–Crippen LogP) is 4.04. The number of carbonyl (C=O) groups excluding carboxylic acids is 1. The number of aromatic nitrogens is 2. The van der Waals surface area contributed by atoms with Crippen molar-refractivity contribution in [2.45, 2.75) is 32.8 Å². The molecule has 7 nitrogen and oxygen atoms in total. The standard InChI is InChI=1S/C25H22FN5O2/c1-13(2)33-25(32)23-22(19(9-27)14(3)31-24(23)28)20-11-29-12-21-18(20)8-16(10-30-21)15-4-6-17(26)7-5-15/h4-8,10-13,22,31H,28H2,1-3H3. The maximum atomic E-state index is 13.4. The molecule has 1 unspecified atom stereocenters. The van der Waals surface area contributed by atoms with E-state index in [9.17, 15) is 14.4 Å². The largest absolute Gasteiger partial charge is 0.459 e. The highest BCUT2D eigenvalue weighted by molar-refractivity contribution is 5.95. The zero-order valence-electron chi connectivity index (χ0n) is 18.4. The number of pyridine rings is 2. The van der Waals surface area contributed by atoms with Gasteiger partial charge in [-0.05, 0) is 50.1 Å². The molecule has 4 rings (SSSR count). The Balaban J connectivity index is 1.94. The first-order chi connectivity index (χ1) is 15.8. The minimum Gasteiger partial charge on any atom is -0.459 e. The van der Waals surface area contributed by atoms with Crippen LogP contribution in [0, 0.1) is 17.1 Å². The first-order valence-corrected chi connectivity index (χ1v) is 10.4. The maximum absolute atomic E-state index is 13.4. The molecule has 0 fully saturated rings. The summed E-state index contributed by atoms with van der Waals surface area (Å²) in [5.41, 5.74) is 9.96. The van der Waals surface area contributed by atoms with Crippen LogP contribution in [0.1, 0.15) is 32.3 Å². The summed E-state index contributed by atoms with van der Waals surface area (Å²) in [4.78, 5) is 21.8. The number of benzene rings is 1. The van der Waals surface area contributed by atoms with E-state index in [-0.39, 0.29) is 23.3 Å². The van der Waals surface area contributed by atoms with E-state index in [0.29, 0.717) is 27.7 Å². The van der Waals surface area contributed by atoms with Gasteiger partial charge in [-0.3, -0.25) is 9.97 Å². The van der Waals surface area contributed by atoms with Gasteiger partial charge in [-0.1, -0.05) is 12.1 Å². The molecule has 0 aliphatic carbocycles. The number of fused-ring (bicyclic) bond motifs is 1. The van der Waals surface area contributed by atoms with Gasteiger partial charge in [-0.25, -0.2) is 9.18 Å². The van der Waals surface area contributed by atoms with Crippen molar-refractivity contribution in [3.63, 3.8) is 0 Å². The van der Waals surface area contributed by atoms with Gasteiger partial charge >= 0.3 is 5.97 Å². The van der Waals surface area contributed by atoms with Crippen LogP contribution in [0.25, 0.3) is 22.0 Å². The molecule has 33 heavy (non-hydrogen) atoms. The van der Waals surface area contributed by atoms with Gasteiger partial charge in [-0.15, -0.1) is 0 Å². The van der Waals surface area contributed by atoms with Gasteiger partial charge in [0, 0.05) is 29.0 Å². The third kappa shape index (κ3) is 4.13. The highest BCUT2D eigenvalue weighted by Gasteiger charge is 2.36. The van der Waals surface area contributed by atoms with Crippen LogP contribution in [0.2, 0.25) is 0 Å². The van der Waals surface area contributed by atoms with Gasteiger partial charge in [0.05, 0.1) is 41.0 Å². The maximum Gasteiger partial charge on any atom is 0.338 e. The molecule has 0 spiro atoms. The van der Waals surface area contributed by atoms with Crippen LogP contribution in [-0.4, -0.2) is 22.0 Å². The lowest BCUT2D eigenvalue weighted by Gasteiger charge is -2.29. The lowest BCUT2D eigenvalue weighted by molar-refractivity contribution is -0.143. The van der Waals surface area contributed by atoms with Crippen molar-refractivity contribution in [2.75, 3.05) is 0 Å². The lowest BCUT2D eigenvalue weighted by Crippen LogP contribution is -2.34. The first-order valence-electron chi connectivity index (χ1n) is 10.4. The summed E-state index contributed by atoms with van der Waals surface area (Å²) in [6, 6.07) is 10.2. The Morgan fingerprint density at radius 1 is 1.21 bits per heavy atom. The second-order valence-electron chi connectivity index (χ2n) is 8.02. The first kappa shape index (κ1) is 22.0. The van der Waals surface area contributed by atoms with Gasteiger partial charge in [-0.2, -0.15) is 5.26 Å². The second kappa shape index (κ2) is 8.71. The summed E-state index contributed by atoms with van der Waals surface area (Å²) in [6.07, 6.45) is 4.52. The van der Waals surface area contributed by atoms with Crippen molar-refractivity contribution >= 4 is 16.9 Å². The fraction of sp³-hybridized carbons (Fsp3) is 0.200. The van der Waals surface area contributed by atoms with E-state index < -0.39 is 11.9 Å². The molecule has 0 saturated carbocycles. The third-order valence-electron chi connectivity index (χ3n) is 5.41. The third-order valence-corrected chi connectivity index (χ3v) is 5.41. The summed E-state index contributed by atoms with van der Waals surface area (Å²) in [5, 5.41) is 13.6. The Morgan fingerprint density at radius 2 is 1.94 bits per heavy atom. The molecule has 166 valence electrons. The van der Waals surface area contributed by atoms with Gasteiger partial charge in [0.25, 0.3) is 0 Å². The van der Waals surface area contributed by atoms with Gasteiger partial charge in [0.2, 0.25) is 0 Å². The SMILES string of the molecule is CC1=C(C#N)C(c2cncc3ncc(-c4ccc(F)cc4)cc23)C(C(=O)OC(C)C)=C(N)N1. The molecule has 3 heterocycles. The normalized spacial score (nSPS) is 16.1. The van der Waals surface area contributed by atoms with Crippen molar-refractivity contribution in [3.8, 4) is 17.2 Å². The van der Waals surface area contributed by atoms with Crippen molar-refractivity contribution in [1.29, 1.82) is 5.26 Å². The molecule has 0 bridgehead atoms. The van der Waals surface area contributed by atoms with Crippen LogP contribution in [0.3, 0.4) is 0 Å². The fourth-order valence-corrected chi connectivity index (χ4v) is 3.92. The molecule has 1 aromatic carbocycles. The van der Waals surface area contributed by atoms with E-state index in [2.05, 4.69) is 21.4 Å². The zero-order chi connectivity index (χ0) is 23.7. The van der Waals surface area contributed by atoms with E-state index >= 15 is 0 Å². The highest BCUT2D eigenvalue weighted by atomic mass is 19.1. The number of halogens is 1. The number of esters is 1. The Kier molecular flexibility index (Phi) is 5.80. The molecule has 1 atom stereocenters. The van der Waals surface area contributed by atoms with E-state index in [1.807, 2.05) is 6.07 Å². The monoisotopic (exact) mass is 443 g/mol. The molecule has 0 amide bonds. The summed E-state index contributed by atoms with van der Waals surface area (Å²) in [6.45, 7) is 5.21. The average Bonchev–Trinajstić information content (AvgIpc) is 2.78. The van der Waals surface area contributed by atoms with Crippen LogP contribution < -0.4 is 11.1 Å². The number of nitrogens with one attached hydrogen (secondary N) is 1. The van der Waals surface area contributed by atoms with Crippen molar-refractivity contribution in [2.24, 2.45) is 5.73 Å². The minimum absolute atomic E-state index is 0.127. The van der Waals surface area contributed by atoms with E-state index in [1.165, 1.54) is 12.1 Å². The summed E-state index contributed by atoms with van der Waals surface area (Å²) >= 11 is 0. The number of hydrogen-bond acceptors (Lipinski definition) is 7. The second-order valence-corrected chi connectivity index (χ2v) is 8.02. The number of nitriles is 1. The number of hydrogen-bond donors (Lipinski definition) is 2. The molecular weight excluding hydrogens is 421 g/mol. The van der Waals surface area contributed by atoms with Crippen LogP contribution in [0.5, 0.6) is 0 Å². The van der Waals surface area contributed by atoms with Crippen molar-refractivity contribution in [1.82, 2.24) is 15.3 Å².